The van der Waals surface area contributed by atoms with Gasteiger partial charge in [-0.1, -0.05) is 0 Å². The normalized spacial score (nSPS) is 21.2. The molecule has 6 nitrogen and oxygen atoms in total. The Morgan fingerprint density at radius 1 is 1.13 bits per heavy atom. The lowest BCUT2D eigenvalue weighted by Gasteiger charge is -2.25. The van der Waals surface area contributed by atoms with Gasteiger partial charge in [0.25, 0.3) is 0 Å². The summed E-state index contributed by atoms with van der Waals surface area (Å²) in [4.78, 5) is 0. The molecular weight excluding hydrogens is 319 g/mol. The Morgan fingerprint density at radius 3 is 2.57 bits per heavy atom. The zero-order chi connectivity index (χ0) is 16.0. The smallest absolute Gasteiger partial charge is 0.214 e. The fourth-order valence-electron chi connectivity index (χ4n) is 2.94. The van der Waals surface area contributed by atoms with Crippen LogP contribution in [0.5, 0.6) is 0 Å². The van der Waals surface area contributed by atoms with E-state index < -0.39 is 10.0 Å². The molecule has 1 N–H and O–H groups in total. The van der Waals surface area contributed by atoms with E-state index in [1.54, 1.807) is 12.1 Å². The molecule has 1 aliphatic carbocycles. The van der Waals surface area contributed by atoms with E-state index >= 15 is 0 Å². The number of halogens is 1. The second kappa shape index (κ2) is 5.38. The molecule has 1 saturated carbocycles. The number of sulfonamides is 1. The van der Waals surface area contributed by atoms with Gasteiger partial charge < -0.3 is 4.57 Å². The van der Waals surface area contributed by atoms with Gasteiger partial charge in [-0.05, 0) is 43.5 Å². The van der Waals surface area contributed by atoms with Gasteiger partial charge in [-0.15, -0.1) is 10.2 Å². The molecule has 1 unspecified atom stereocenters. The van der Waals surface area contributed by atoms with Gasteiger partial charge in [0, 0.05) is 24.6 Å². The number of hydrogen-bond acceptors (Lipinski definition) is 4. The van der Waals surface area contributed by atoms with Gasteiger partial charge in [0.15, 0.2) is 5.82 Å². The summed E-state index contributed by atoms with van der Waals surface area (Å²) in [5.74, 6) is 1.18. The van der Waals surface area contributed by atoms with Crippen LogP contribution in [0.4, 0.5) is 4.39 Å². The van der Waals surface area contributed by atoms with Crippen molar-refractivity contribution in [3.8, 4) is 11.4 Å². The van der Waals surface area contributed by atoms with Gasteiger partial charge in [0.05, 0.1) is 5.25 Å². The molecule has 0 spiro atoms. The number of aryl methyl sites for hydroxylation is 1. The van der Waals surface area contributed by atoms with Crippen LogP contribution < -0.4 is 4.72 Å². The van der Waals surface area contributed by atoms with Crippen molar-refractivity contribution >= 4 is 10.0 Å². The number of fused-ring (bicyclic) bond motifs is 1. The average molecular weight is 336 g/mol. The van der Waals surface area contributed by atoms with Gasteiger partial charge in [-0.2, -0.15) is 0 Å². The van der Waals surface area contributed by atoms with E-state index in [0.29, 0.717) is 25.2 Å². The van der Waals surface area contributed by atoms with Crippen LogP contribution in [0.1, 0.15) is 25.1 Å². The lowest BCUT2D eigenvalue weighted by molar-refractivity contribution is 0.423. The molecule has 2 aliphatic rings. The first kappa shape index (κ1) is 14.8. The summed E-state index contributed by atoms with van der Waals surface area (Å²) in [6.45, 7) is 0.501. The van der Waals surface area contributed by atoms with E-state index in [1.807, 2.05) is 4.57 Å². The van der Waals surface area contributed by atoms with Crippen LogP contribution in [0, 0.1) is 5.82 Å². The van der Waals surface area contributed by atoms with Crippen LogP contribution in [-0.2, 0) is 23.0 Å². The first-order valence-corrected chi connectivity index (χ1v) is 9.27. The molecule has 23 heavy (non-hydrogen) atoms. The summed E-state index contributed by atoms with van der Waals surface area (Å²) >= 11 is 0. The largest absolute Gasteiger partial charge is 0.309 e. The van der Waals surface area contributed by atoms with Gasteiger partial charge in [0.1, 0.15) is 11.6 Å². The maximum atomic E-state index is 13.1. The molecule has 0 bridgehead atoms. The zero-order valence-corrected chi connectivity index (χ0v) is 13.3. The molecule has 1 atom stereocenters. The third-order valence-electron chi connectivity index (χ3n) is 4.34. The number of nitrogens with one attached hydrogen (secondary N) is 1. The van der Waals surface area contributed by atoms with Crippen LogP contribution >= 0.6 is 0 Å². The molecule has 2 aromatic rings. The topological polar surface area (TPSA) is 76.9 Å². The molecule has 0 saturated heterocycles. The minimum Gasteiger partial charge on any atom is -0.309 e. The highest BCUT2D eigenvalue weighted by Gasteiger charge is 2.37. The van der Waals surface area contributed by atoms with Crippen molar-refractivity contribution in [2.24, 2.45) is 0 Å². The summed E-state index contributed by atoms with van der Waals surface area (Å²) in [6.07, 6.45) is 2.89. The Labute approximate surface area is 133 Å². The summed E-state index contributed by atoms with van der Waals surface area (Å²) in [5, 5.41) is 8.14. The second-order valence-electron chi connectivity index (χ2n) is 6.16. The SMILES string of the molecule is O=S(=O)(NC1CCc2nnc(-c3ccc(F)cc3)n2C1)C1CC1. The van der Waals surface area contributed by atoms with E-state index in [1.165, 1.54) is 12.1 Å². The molecule has 2 heterocycles. The lowest BCUT2D eigenvalue weighted by Crippen LogP contribution is -2.42. The third-order valence-corrected chi connectivity index (χ3v) is 6.35. The molecule has 122 valence electrons. The molecular formula is C15H17FN4O2S. The fraction of sp³-hybridized carbons (Fsp3) is 0.467. The van der Waals surface area contributed by atoms with Crippen LogP contribution in [0.3, 0.4) is 0 Å². The summed E-state index contributed by atoms with van der Waals surface area (Å²) in [5.41, 5.74) is 0.774. The molecule has 1 aromatic heterocycles. The van der Waals surface area contributed by atoms with E-state index in [9.17, 15) is 12.8 Å². The zero-order valence-electron chi connectivity index (χ0n) is 12.4. The lowest BCUT2D eigenvalue weighted by atomic mass is 10.1. The summed E-state index contributed by atoms with van der Waals surface area (Å²) in [7, 11) is -3.21. The van der Waals surface area contributed by atoms with Gasteiger partial charge in [0.2, 0.25) is 10.0 Å². The van der Waals surface area contributed by atoms with Crippen molar-refractivity contribution in [2.75, 3.05) is 0 Å². The quantitative estimate of drug-likeness (QED) is 0.917. The Bertz CT molecular complexity index is 828. The molecule has 4 rings (SSSR count). The van der Waals surface area contributed by atoms with Crippen molar-refractivity contribution in [1.82, 2.24) is 19.5 Å². The third kappa shape index (κ3) is 2.88. The number of rotatable bonds is 4. The Hall–Kier alpha value is -1.80. The summed E-state index contributed by atoms with van der Waals surface area (Å²) < 4.78 is 42.0. The fourth-order valence-corrected chi connectivity index (χ4v) is 4.55. The van der Waals surface area contributed by atoms with Gasteiger partial charge in [-0.3, -0.25) is 0 Å². The maximum Gasteiger partial charge on any atom is 0.214 e. The predicted octanol–water partition coefficient (Wildman–Crippen LogP) is 1.48. The minimum absolute atomic E-state index is 0.150. The molecule has 0 radical (unpaired) electrons. The Kier molecular flexibility index (Phi) is 3.46. The van der Waals surface area contributed by atoms with E-state index in [0.717, 1.165) is 24.2 Å². The standard InChI is InChI=1S/C15H17FN4O2S/c16-11-3-1-10(2-4-11)15-18-17-14-8-5-12(9-20(14)15)19-23(21,22)13-6-7-13/h1-4,12-13,19H,5-9H2. The first-order valence-electron chi connectivity index (χ1n) is 7.72. The highest BCUT2D eigenvalue weighted by atomic mass is 32.2. The van der Waals surface area contributed by atoms with E-state index in [-0.39, 0.29) is 17.1 Å². The second-order valence-corrected chi connectivity index (χ2v) is 8.15. The van der Waals surface area contributed by atoms with Crippen LogP contribution in [0.25, 0.3) is 11.4 Å². The Morgan fingerprint density at radius 2 is 1.87 bits per heavy atom. The number of hydrogen-bond donors (Lipinski definition) is 1. The number of benzene rings is 1. The number of aromatic nitrogens is 3. The van der Waals surface area contributed by atoms with Crippen molar-refractivity contribution in [3.05, 3.63) is 35.9 Å². The molecule has 8 heteroatoms. The molecule has 1 fully saturated rings. The van der Waals surface area contributed by atoms with Crippen molar-refractivity contribution in [3.63, 3.8) is 0 Å². The monoisotopic (exact) mass is 336 g/mol. The van der Waals surface area contributed by atoms with Crippen molar-refractivity contribution in [2.45, 2.75) is 43.5 Å². The average Bonchev–Trinajstić information content (AvgIpc) is 3.30. The van der Waals surface area contributed by atoms with Crippen molar-refractivity contribution < 1.29 is 12.8 Å². The molecule has 1 aromatic carbocycles. The van der Waals surface area contributed by atoms with Gasteiger partial charge in [-0.25, -0.2) is 17.5 Å². The van der Waals surface area contributed by atoms with Gasteiger partial charge >= 0.3 is 0 Å². The first-order chi connectivity index (χ1) is 11.0. The van der Waals surface area contributed by atoms with Crippen LogP contribution in [0.2, 0.25) is 0 Å². The molecule has 0 amide bonds. The minimum atomic E-state index is -3.21. The Balaban J connectivity index is 1.58. The van der Waals surface area contributed by atoms with Crippen molar-refractivity contribution in [1.29, 1.82) is 0 Å². The predicted molar refractivity (Wildman–Crippen MR) is 82.6 cm³/mol. The van der Waals surface area contributed by atoms with E-state index in [2.05, 4.69) is 14.9 Å². The highest BCUT2D eigenvalue weighted by Crippen LogP contribution is 2.29. The summed E-state index contributed by atoms with van der Waals surface area (Å²) in [6, 6.07) is 5.93. The highest BCUT2D eigenvalue weighted by molar-refractivity contribution is 7.90. The molecule has 1 aliphatic heterocycles. The van der Waals surface area contributed by atoms with Crippen LogP contribution in [0.15, 0.2) is 24.3 Å². The van der Waals surface area contributed by atoms with Crippen LogP contribution in [-0.4, -0.2) is 34.5 Å². The maximum absolute atomic E-state index is 13.1. The number of nitrogens with zero attached hydrogens (tertiary/aromatic N) is 3. The van der Waals surface area contributed by atoms with E-state index in [4.69, 9.17) is 0 Å².